The summed E-state index contributed by atoms with van der Waals surface area (Å²) in [6.07, 6.45) is 1.01. The first kappa shape index (κ1) is 17.8. The van der Waals surface area contributed by atoms with E-state index >= 15 is 0 Å². The van der Waals surface area contributed by atoms with Crippen LogP contribution in [0.1, 0.15) is 37.3 Å². The molecule has 6 heteroatoms. The van der Waals surface area contributed by atoms with Crippen molar-refractivity contribution >= 4 is 11.6 Å². The van der Waals surface area contributed by atoms with Gasteiger partial charge in [-0.05, 0) is 41.7 Å². The van der Waals surface area contributed by atoms with Gasteiger partial charge in [0, 0.05) is 11.3 Å². The van der Waals surface area contributed by atoms with Gasteiger partial charge in [-0.2, -0.15) is 4.80 Å². The fourth-order valence-corrected chi connectivity index (χ4v) is 2.82. The van der Waals surface area contributed by atoms with Crippen molar-refractivity contribution in [1.29, 1.82) is 0 Å². The second kappa shape index (κ2) is 7.91. The van der Waals surface area contributed by atoms with E-state index < -0.39 is 0 Å². The lowest BCUT2D eigenvalue weighted by Crippen LogP contribution is -2.21. The van der Waals surface area contributed by atoms with Gasteiger partial charge in [0.2, 0.25) is 11.7 Å². The number of hydrogen-bond donors (Lipinski definition) is 1. The highest BCUT2D eigenvalue weighted by Crippen LogP contribution is 2.26. The van der Waals surface area contributed by atoms with Gasteiger partial charge in [0.1, 0.15) is 6.54 Å². The van der Waals surface area contributed by atoms with Gasteiger partial charge in [-0.1, -0.05) is 56.3 Å². The number of anilines is 1. The summed E-state index contributed by atoms with van der Waals surface area (Å²) in [5.74, 6) is 0.731. The molecule has 0 bridgehead atoms. The molecule has 0 aliphatic rings. The third kappa shape index (κ3) is 3.96. The summed E-state index contributed by atoms with van der Waals surface area (Å²) in [6.45, 7) is 6.30. The molecule has 0 aliphatic carbocycles. The van der Waals surface area contributed by atoms with Crippen molar-refractivity contribution < 1.29 is 4.79 Å². The minimum Gasteiger partial charge on any atom is -0.324 e. The van der Waals surface area contributed by atoms with E-state index in [2.05, 4.69) is 34.6 Å². The van der Waals surface area contributed by atoms with E-state index in [0.717, 1.165) is 28.8 Å². The highest BCUT2D eigenvalue weighted by Gasteiger charge is 2.13. The average molecular weight is 349 g/mol. The molecule has 3 rings (SSSR count). The van der Waals surface area contributed by atoms with Crippen molar-refractivity contribution in [3.8, 4) is 11.4 Å². The zero-order valence-corrected chi connectivity index (χ0v) is 15.3. The zero-order valence-electron chi connectivity index (χ0n) is 15.3. The summed E-state index contributed by atoms with van der Waals surface area (Å²) >= 11 is 0. The summed E-state index contributed by atoms with van der Waals surface area (Å²) in [6, 6.07) is 15.7. The van der Waals surface area contributed by atoms with Crippen molar-refractivity contribution in [3.05, 3.63) is 59.7 Å². The number of carbonyl (C=O) groups is 1. The minimum absolute atomic E-state index is 0.0215. The molecule has 0 radical (unpaired) electrons. The number of carbonyl (C=O) groups excluding carboxylic acids is 1. The Labute approximate surface area is 153 Å². The van der Waals surface area contributed by atoms with Gasteiger partial charge in [-0.3, -0.25) is 4.79 Å². The predicted octanol–water partition coefficient (Wildman–Crippen LogP) is 3.80. The lowest BCUT2D eigenvalue weighted by Gasteiger charge is -2.15. The molecule has 6 nitrogen and oxygen atoms in total. The van der Waals surface area contributed by atoms with E-state index in [1.54, 1.807) is 0 Å². The van der Waals surface area contributed by atoms with E-state index in [4.69, 9.17) is 0 Å². The first-order valence-corrected chi connectivity index (χ1v) is 8.81. The third-order valence-electron chi connectivity index (χ3n) is 4.50. The molecule has 0 saturated carbocycles. The maximum atomic E-state index is 12.4. The van der Waals surface area contributed by atoms with E-state index in [1.807, 2.05) is 55.5 Å². The number of rotatable bonds is 6. The zero-order chi connectivity index (χ0) is 18.5. The van der Waals surface area contributed by atoms with E-state index in [0.29, 0.717) is 11.7 Å². The Morgan fingerprint density at radius 2 is 1.88 bits per heavy atom. The molecule has 0 fully saturated rings. The number of nitrogens with one attached hydrogen (secondary N) is 1. The Morgan fingerprint density at radius 1 is 1.15 bits per heavy atom. The van der Waals surface area contributed by atoms with Crippen LogP contribution < -0.4 is 5.32 Å². The average Bonchev–Trinajstić information content (AvgIpc) is 3.10. The van der Waals surface area contributed by atoms with Crippen molar-refractivity contribution in [2.75, 3.05) is 5.32 Å². The van der Waals surface area contributed by atoms with E-state index in [9.17, 15) is 4.79 Å². The number of hydrogen-bond acceptors (Lipinski definition) is 4. The smallest absolute Gasteiger partial charge is 0.248 e. The van der Waals surface area contributed by atoms with Gasteiger partial charge in [0.15, 0.2) is 0 Å². The van der Waals surface area contributed by atoms with Crippen molar-refractivity contribution in [2.24, 2.45) is 0 Å². The van der Waals surface area contributed by atoms with Crippen molar-refractivity contribution in [3.63, 3.8) is 0 Å². The molecular weight excluding hydrogens is 326 g/mol. The van der Waals surface area contributed by atoms with Gasteiger partial charge in [-0.15, -0.1) is 10.2 Å². The molecule has 0 unspecified atom stereocenters. The maximum Gasteiger partial charge on any atom is 0.248 e. The van der Waals surface area contributed by atoms with Crippen LogP contribution in [0.2, 0.25) is 0 Å². The first-order valence-electron chi connectivity index (χ1n) is 8.81. The highest BCUT2D eigenvalue weighted by molar-refractivity contribution is 5.91. The number of nitrogens with zero attached hydrogens (tertiary/aromatic N) is 4. The van der Waals surface area contributed by atoms with Crippen LogP contribution in [0.5, 0.6) is 0 Å². The van der Waals surface area contributed by atoms with Crippen LogP contribution in [0.3, 0.4) is 0 Å². The Balaban J connectivity index is 1.71. The molecule has 134 valence electrons. The summed E-state index contributed by atoms with van der Waals surface area (Å²) < 4.78 is 0. The number of amides is 1. The van der Waals surface area contributed by atoms with Gasteiger partial charge >= 0.3 is 0 Å². The molecule has 0 aliphatic heterocycles. The monoisotopic (exact) mass is 349 g/mol. The first-order chi connectivity index (χ1) is 12.6. The SMILES string of the molecule is CC[C@@H](C)c1ccccc1NC(=O)Cn1nnc(-c2ccccc2C)n1. The number of tetrazole rings is 1. The third-order valence-corrected chi connectivity index (χ3v) is 4.50. The molecule has 2 aromatic carbocycles. The fourth-order valence-electron chi connectivity index (χ4n) is 2.82. The number of aryl methyl sites for hydroxylation is 1. The predicted molar refractivity (Wildman–Crippen MR) is 102 cm³/mol. The fraction of sp³-hybridized carbons (Fsp3) is 0.300. The van der Waals surface area contributed by atoms with Gasteiger partial charge < -0.3 is 5.32 Å². The molecule has 1 amide bonds. The molecule has 3 aromatic rings. The minimum atomic E-state index is -0.172. The molecule has 1 aromatic heterocycles. The number of benzene rings is 2. The largest absolute Gasteiger partial charge is 0.324 e. The van der Waals surface area contributed by atoms with Gasteiger partial charge in [0.05, 0.1) is 0 Å². The Bertz CT molecular complexity index is 902. The molecule has 1 atom stereocenters. The van der Waals surface area contributed by atoms with Crippen LogP contribution in [0.15, 0.2) is 48.5 Å². The molecule has 1 heterocycles. The lowest BCUT2D eigenvalue weighted by atomic mass is 9.97. The molecule has 1 N–H and O–H groups in total. The van der Waals surface area contributed by atoms with Crippen LogP contribution in [0.4, 0.5) is 5.69 Å². The standard InChI is InChI=1S/C20H23N5O/c1-4-14(2)16-10-7-8-12-18(16)21-19(26)13-25-23-20(22-24-25)17-11-6-5-9-15(17)3/h5-12,14H,4,13H2,1-3H3,(H,21,26)/t14-/m1/s1. The molecule has 26 heavy (non-hydrogen) atoms. The summed E-state index contributed by atoms with van der Waals surface area (Å²) in [5, 5.41) is 15.4. The second-order valence-corrected chi connectivity index (χ2v) is 6.40. The summed E-state index contributed by atoms with van der Waals surface area (Å²) in [7, 11) is 0. The second-order valence-electron chi connectivity index (χ2n) is 6.40. The highest BCUT2D eigenvalue weighted by atomic mass is 16.2. The van der Waals surface area contributed by atoms with Crippen molar-refractivity contribution in [2.45, 2.75) is 39.7 Å². The van der Waals surface area contributed by atoms with Crippen LogP contribution in [-0.4, -0.2) is 26.1 Å². The molecule has 0 saturated heterocycles. The normalized spacial score (nSPS) is 12.0. The van der Waals surface area contributed by atoms with Crippen LogP contribution in [-0.2, 0) is 11.3 Å². The lowest BCUT2D eigenvalue weighted by molar-refractivity contribution is -0.117. The molecule has 0 spiro atoms. The van der Waals surface area contributed by atoms with Crippen LogP contribution >= 0.6 is 0 Å². The van der Waals surface area contributed by atoms with Gasteiger partial charge in [-0.25, -0.2) is 0 Å². The Morgan fingerprint density at radius 3 is 2.65 bits per heavy atom. The van der Waals surface area contributed by atoms with Crippen LogP contribution in [0, 0.1) is 6.92 Å². The number of para-hydroxylation sites is 1. The topological polar surface area (TPSA) is 72.7 Å². The van der Waals surface area contributed by atoms with E-state index in [1.165, 1.54) is 4.80 Å². The van der Waals surface area contributed by atoms with Crippen LogP contribution in [0.25, 0.3) is 11.4 Å². The molecular formula is C20H23N5O. The van der Waals surface area contributed by atoms with Crippen molar-refractivity contribution in [1.82, 2.24) is 20.2 Å². The Kier molecular flexibility index (Phi) is 5.41. The van der Waals surface area contributed by atoms with Gasteiger partial charge in [0.25, 0.3) is 0 Å². The van der Waals surface area contributed by atoms with E-state index in [-0.39, 0.29) is 12.5 Å². The maximum absolute atomic E-state index is 12.4. The quantitative estimate of drug-likeness (QED) is 0.734. The summed E-state index contributed by atoms with van der Waals surface area (Å²) in [4.78, 5) is 13.7. The summed E-state index contributed by atoms with van der Waals surface area (Å²) in [5.41, 5.74) is 3.96. The Hall–Kier alpha value is -3.02. The number of aromatic nitrogens is 4.